The van der Waals surface area contributed by atoms with Gasteiger partial charge in [-0.05, 0) is 27.7 Å². The molecule has 1 rings (SSSR count). The lowest BCUT2D eigenvalue weighted by molar-refractivity contribution is -0.127. The molecular weight excluding hydrogens is 342 g/mol. The molecule has 25 heavy (non-hydrogen) atoms. The van der Waals surface area contributed by atoms with E-state index < -0.39 is 0 Å². The second-order valence-corrected chi connectivity index (χ2v) is 6.57. The summed E-state index contributed by atoms with van der Waals surface area (Å²) in [6.45, 7) is 8.48. The third-order valence-electron chi connectivity index (χ3n) is 3.21. The highest BCUT2D eigenvalue weighted by atomic mass is 32.1. The van der Waals surface area contributed by atoms with E-state index in [4.69, 9.17) is 4.74 Å². The van der Waals surface area contributed by atoms with Gasteiger partial charge in [-0.2, -0.15) is 0 Å². The maximum atomic E-state index is 11.9. The number of esters is 1. The quantitative estimate of drug-likeness (QED) is 0.428. The summed E-state index contributed by atoms with van der Waals surface area (Å²) in [5.74, 6) is 0.0865. The van der Waals surface area contributed by atoms with Crippen LogP contribution in [0.15, 0.2) is 4.99 Å². The number of hydrogen-bond acceptors (Lipinski definition) is 6. The van der Waals surface area contributed by atoms with Gasteiger partial charge in [-0.15, -0.1) is 11.3 Å². The fourth-order valence-corrected chi connectivity index (χ4v) is 2.83. The van der Waals surface area contributed by atoms with Gasteiger partial charge in [-0.25, -0.2) is 14.8 Å². The Morgan fingerprint density at radius 1 is 1.36 bits per heavy atom. The van der Waals surface area contributed by atoms with Crippen LogP contribution in [-0.4, -0.2) is 61.5 Å². The summed E-state index contributed by atoms with van der Waals surface area (Å²) < 4.78 is 5.04. The summed E-state index contributed by atoms with van der Waals surface area (Å²) in [5, 5.41) is 7.05. The Balaban J connectivity index is 2.85. The average molecular weight is 369 g/mol. The predicted octanol–water partition coefficient (Wildman–Crippen LogP) is 1.33. The van der Waals surface area contributed by atoms with E-state index in [1.807, 2.05) is 13.8 Å². The molecule has 1 unspecified atom stereocenters. The number of rotatable bonds is 7. The van der Waals surface area contributed by atoms with Gasteiger partial charge >= 0.3 is 5.97 Å². The highest BCUT2D eigenvalue weighted by Gasteiger charge is 2.20. The monoisotopic (exact) mass is 369 g/mol. The molecule has 0 saturated carbocycles. The molecule has 0 aliphatic heterocycles. The summed E-state index contributed by atoms with van der Waals surface area (Å²) in [4.78, 5) is 34.3. The molecule has 0 fully saturated rings. The lowest BCUT2D eigenvalue weighted by Crippen LogP contribution is -2.39. The molecule has 0 bridgehead atoms. The number of hydrogen-bond donors (Lipinski definition) is 2. The number of carbonyl (C=O) groups excluding carboxylic acids is 2. The van der Waals surface area contributed by atoms with Crippen LogP contribution >= 0.6 is 11.3 Å². The van der Waals surface area contributed by atoms with E-state index in [-0.39, 0.29) is 24.5 Å². The number of carbonyl (C=O) groups is 2. The first-order valence-corrected chi connectivity index (χ1v) is 9.01. The van der Waals surface area contributed by atoms with Crippen molar-refractivity contribution in [1.82, 2.24) is 20.5 Å². The third kappa shape index (κ3) is 6.33. The van der Waals surface area contributed by atoms with E-state index in [2.05, 4.69) is 20.6 Å². The number of thiazole rings is 1. The first-order valence-electron chi connectivity index (χ1n) is 8.19. The SMILES string of the molecule is CCNC(=NCC(=O)N(C)C)NC(C)c1nc(C)c(C(=O)OCC)s1. The van der Waals surface area contributed by atoms with E-state index >= 15 is 0 Å². The van der Waals surface area contributed by atoms with Crippen LogP contribution in [0.1, 0.15) is 47.2 Å². The van der Waals surface area contributed by atoms with Gasteiger partial charge in [0, 0.05) is 20.6 Å². The lowest BCUT2D eigenvalue weighted by atomic mass is 10.3. The van der Waals surface area contributed by atoms with Crippen LogP contribution in [0.25, 0.3) is 0 Å². The highest BCUT2D eigenvalue weighted by molar-refractivity contribution is 7.13. The molecule has 0 aliphatic rings. The molecule has 140 valence electrons. The minimum Gasteiger partial charge on any atom is -0.462 e. The lowest BCUT2D eigenvalue weighted by Gasteiger charge is -2.16. The van der Waals surface area contributed by atoms with Crippen molar-refractivity contribution < 1.29 is 14.3 Å². The smallest absolute Gasteiger partial charge is 0.350 e. The van der Waals surface area contributed by atoms with Gasteiger partial charge < -0.3 is 20.3 Å². The average Bonchev–Trinajstić information content (AvgIpc) is 2.94. The molecule has 1 aromatic heterocycles. The number of amides is 1. The molecule has 1 atom stereocenters. The Morgan fingerprint density at radius 2 is 2.04 bits per heavy atom. The second kappa shape index (κ2) is 9.97. The van der Waals surface area contributed by atoms with Crippen molar-refractivity contribution in [2.45, 2.75) is 33.7 Å². The molecule has 0 saturated heterocycles. The zero-order valence-corrected chi connectivity index (χ0v) is 16.5. The summed E-state index contributed by atoms with van der Waals surface area (Å²) in [6.07, 6.45) is 0. The predicted molar refractivity (Wildman–Crippen MR) is 99.0 cm³/mol. The molecule has 1 heterocycles. The van der Waals surface area contributed by atoms with Crippen molar-refractivity contribution in [3.8, 4) is 0 Å². The Hall–Kier alpha value is -2.16. The van der Waals surface area contributed by atoms with Crippen molar-refractivity contribution in [3.05, 3.63) is 15.6 Å². The van der Waals surface area contributed by atoms with Crippen molar-refractivity contribution >= 4 is 29.2 Å². The minimum absolute atomic E-state index is 0.0556. The van der Waals surface area contributed by atoms with Gasteiger partial charge in [0.05, 0.1) is 18.3 Å². The van der Waals surface area contributed by atoms with E-state index in [9.17, 15) is 9.59 Å². The molecule has 0 aliphatic carbocycles. The van der Waals surface area contributed by atoms with Crippen molar-refractivity contribution in [1.29, 1.82) is 0 Å². The van der Waals surface area contributed by atoms with E-state index in [1.54, 1.807) is 27.9 Å². The topological polar surface area (TPSA) is 95.9 Å². The molecule has 9 heteroatoms. The van der Waals surface area contributed by atoms with E-state index in [0.717, 1.165) is 5.01 Å². The number of nitrogens with one attached hydrogen (secondary N) is 2. The molecule has 0 aromatic carbocycles. The van der Waals surface area contributed by atoms with Crippen LogP contribution in [-0.2, 0) is 9.53 Å². The van der Waals surface area contributed by atoms with E-state index in [1.165, 1.54) is 16.2 Å². The van der Waals surface area contributed by atoms with E-state index in [0.29, 0.717) is 29.7 Å². The zero-order chi connectivity index (χ0) is 19.0. The van der Waals surface area contributed by atoms with Crippen LogP contribution in [0.2, 0.25) is 0 Å². The van der Waals surface area contributed by atoms with Crippen molar-refractivity contribution in [3.63, 3.8) is 0 Å². The Bertz CT molecular complexity index is 627. The maximum absolute atomic E-state index is 11.9. The standard InChI is InChI=1S/C16H27N5O3S/c1-7-17-16(18-9-12(22)21(5)6)20-11(4)14-19-10(3)13(25-14)15(23)24-8-2/h11H,7-9H2,1-6H3,(H2,17,18,20). The molecular formula is C16H27N5O3S. The van der Waals surface area contributed by atoms with Crippen molar-refractivity contribution in [2.24, 2.45) is 4.99 Å². The number of aryl methyl sites for hydroxylation is 1. The maximum Gasteiger partial charge on any atom is 0.350 e. The summed E-state index contributed by atoms with van der Waals surface area (Å²) in [6, 6.07) is -0.167. The largest absolute Gasteiger partial charge is 0.462 e. The van der Waals surface area contributed by atoms with Crippen LogP contribution in [0, 0.1) is 6.92 Å². The van der Waals surface area contributed by atoms with Crippen LogP contribution in [0.4, 0.5) is 0 Å². The number of ether oxygens (including phenoxy) is 1. The minimum atomic E-state index is -0.354. The van der Waals surface area contributed by atoms with Gasteiger partial charge in [0.2, 0.25) is 5.91 Å². The molecule has 0 spiro atoms. The first kappa shape index (κ1) is 20.9. The van der Waals surface area contributed by atoms with Gasteiger partial charge in [0.25, 0.3) is 0 Å². The normalized spacial score (nSPS) is 12.5. The molecule has 8 nitrogen and oxygen atoms in total. The molecule has 1 amide bonds. The number of nitrogens with zero attached hydrogens (tertiary/aromatic N) is 3. The summed E-state index contributed by atoms with van der Waals surface area (Å²) >= 11 is 1.30. The fourth-order valence-electron chi connectivity index (χ4n) is 1.86. The number of aliphatic imine (C=N–C) groups is 1. The second-order valence-electron chi connectivity index (χ2n) is 5.54. The number of aromatic nitrogens is 1. The van der Waals surface area contributed by atoms with Gasteiger partial charge in [0.1, 0.15) is 16.4 Å². The summed E-state index contributed by atoms with van der Waals surface area (Å²) in [5.41, 5.74) is 0.650. The summed E-state index contributed by atoms with van der Waals surface area (Å²) in [7, 11) is 3.38. The zero-order valence-electron chi connectivity index (χ0n) is 15.7. The van der Waals surface area contributed by atoms with Crippen LogP contribution in [0.3, 0.4) is 0 Å². The fraction of sp³-hybridized carbons (Fsp3) is 0.625. The Kier molecular flexibility index (Phi) is 8.33. The van der Waals surface area contributed by atoms with Crippen LogP contribution < -0.4 is 10.6 Å². The molecule has 1 aromatic rings. The van der Waals surface area contributed by atoms with Crippen LogP contribution in [0.5, 0.6) is 0 Å². The molecule has 2 N–H and O–H groups in total. The first-order chi connectivity index (χ1) is 11.8. The Labute approximate surface area is 152 Å². The number of likely N-dealkylation sites (N-methyl/N-ethyl adjacent to an activating group) is 1. The Morgan fingerprint density at radius 3 is 2.60 bits per heavy atom. The molecule has 0 radical (unpaired) electrons. The van der Waals surface area contributed by atoms with Crippen molar-refractivity contribution in [2.75, 3.05) is 33.8 Å². The number of guanidine groups is 1. The van der Waals surface area contributed by atoms with Gasteiger partial charge in [-0.1, -0.05) is 0 Å². The van der Waals surface area contributed by atoms with Gasteiger partial charge in [-0.3, -0.25) is 4.79 Å². The van der Waals surface area contributed by atoms with Gasteiger partial charge in [0.15, 0.2) is 5.96 Å². The third-order valence-corrected chi connectivity index (χ3v) is 4.53. The highest BCUT2D eigenvalue weighted by Crippen LogP contribution is 2.24.